The van der Waals surface area contributed by atoms with Crippen LogP contribution in [0, 0.1) is 0 Å². The van der Waals surface area contributed by atoms with Crippen LogP contribution in [0.15, 0.2) is 36.7 Å². The molecular formula is C16H17ClN4O2. The van der Waals surface area contributed by atoms with Gasteiger partial charge in [0.2, 0.25) is 0 Å². The lowest BCUT2D eigenvalue weighted by atomic mass is 9.97. The molecule has 2 aromatic rings. The average molecular weight is 333 g/mol. The lowest BCUT2D eigenvalue weighted by Crippen LogP contribution is -2.44. The maximum atomic E-state index is 12.5. The summed E-state index contributed by atoms with van der Waals surface area (Å²) < 4.78 is 0. The van der Waals surface area contributed by atoms with Crippen LogP contribution >= 0.6 is 11.6 Å². The molecule has 1 aromatic heterocycles. The summed E-state index contributed by atoms with van der Waals surface area (Å²) in [6.45, 7) is 0.567. The van der Waals surface area contributed by atoms with Gasteiger partial charge in [0, 0.05) is 29.0 Å². The van der Waals surface area contributed by atoms with E-state index >= 15 is 0 Å². The first-order valence-electron chi connectivity index (χ1n) is 7.51. The summed E-state index contributed by atoms with van der Waals surface area (Å²) in [5.41, 5.74) is 1.43. The highest BCUT2D eigenvalue weighted by Gasteiger charge is 2.32. The number of amides is 2. The van der Waals surface area contributed by atoms with Crippen molar-refractivity contribution in [2.24, 2.45) is 0 Å². The van der Waals surface area contributed by atoms with Crippen molar-refractivity contribution in [1.29, 1.82) is 0 Å². The second-order valence-electron chi connectivity index (χ2n) is 5.51. The molecule has 0 saturated carbocycles. The minimum absolute atomic E-state index is 0.111. The van der Waals surface area contributed by atoms with Gasteiger partial charge in [0.15, 0.2) is 0 Å². The quantitative estimate of drug-likeness (QED) is 0.830. The molecule has 0 bridgehead atoms. The molecule has 6 nitrogen and oxygen atoms in total. The second-order valence-corrected chi connectivity index (χ2v) is 5.94. The maximum absolute atomic E-state index is 12.5. The molecule has 120 valence electrons. The van der Waals surface area contributed by atoms with Crippen molar-refractivity contribution in [1.82, 2.24) is 15.1 Å². The number of anilines is 1. The minimum atomic E-state index is -0.650. The van der Waals surface area contributed by atoms with Crippen molar-refractivity contribution < 1.29 is 9.59 Å². The van der Waals surface area contributed by atoms with Crippen LogP contribution in [0.5, 0.6) is 0 Å². The molecule has 1 fully saturated rings. The smallest absolute Gasteiger partial charge is 0.313 e. The fourth-order valence-corrected chi connectivity index (χ4v) is 3.04. The van der Waals surface area contributed by atoms with Gasteiger partial charge in [-0.2, -0.15) is 5.10 Å². The number of nitrogens with one attached hydrogen (secondary N) is 2. The van der Waals surface area contributed by atoms with Gasteiger partial charge in [-0.1, -0.05) is 17.7 Å². The number of aromatic amines is 1. The van der Waals surface area contributed by atoms with Crippen LogP contribution in [-0.2, 0) is 9.59 Å². The third kappa shape index (κ3) is 3.53. The number of halogens is 1. The number of benzene rings is 1. The number of likely N-dealkylation sites (tertiary alicyclic amines) is 1. The summed E-state index contributed by atoms with van der Waals surface area (Å²) in [5, 5.41) is 9.81. The summed E-state index contributed by atoms with van der Waals surface area (Å²) >= 11 is 5.89. The highest BCUT2D eigenvalue weighted by Crippen LogP contribution is 2.30. The van der Waals surface area contributed by atoms with E-state index in [1.165, 1.54) is 0 Å². The monoisotopic (exact) mass is 332 g/mol. The van der Waals surface area contributed by atoms with E-state index in [-0.39, 0.29) is 6.04 Å². The molecule has 0 unspecified atom stereocenters. The van der Waals surface area contributed by atoms with E-state index in [4.69, 9.17) is 11.6 Å². The molecule has 23 heavy (non-hydrogen) atoms. The second kappa shape index (κ2) is 6.83. The molecular weight excluding hydrogens is 316 g/mol. The third-order valence-corrected chi connectivity index (χ3v) is 4.18. The van der Waals surface area contributed by atoms with Crippen LogP contribution in [0.1, 0.15) is 30.9 Å². The van der Waals surface area contributed by atoms with Crippen molar-refractivity contribution in [3.8, 4) is 0 Å². The fraction of sp³-hybridized carbons (Fsp3) is 0.312. The molecule has 0 aliphatic carbocycles. The van der Waals surface area contributed by atoms with Crippen molar-refractivity contribution >= 4 is 29.1 Å². The normalized spacial score (nSPS) is 17.8. The van der Waals surface area contributed by atoms with Crippen LogP contribution in [0.2, 0.25) is 5.02 Å². The Morgan fingerprint density at radius 2 is 2.22 bits per heavy atom. The molecule has 1 aliphatic rings. The first-order valence-corrected chi connectivity index (χ1v) is 7.89. The highest BCUT2D eigenvalue weighted by molar-refractivity contribution is 6.39. The number of carbonyl (C=O) groups excluding carboxylic acids is 2. The van der Waals surface area contributed by atoms with Gasteiger partial charge in [-0.15, -0.1) is 0 Å². The van der Waals surface area contributed by atoms with E-state index in [2.05, 4.69) is 15.5 Å². The molecule has 0 spiro atoms. The van der Waals surface area contributed by atoms with Gasteiger partial charge in [-0.05, 0) is 37.5 Å². The minimum Gasteiger partial charge on any atom is -0.327 e. The van der Waals surface area contributed by atoms with E-state index in [1.807, 2.05) is 0 Å². The summed E-state index contributed by atoms with van der Waals surface area (Å²) in [4.78, 5) is 26.4. The fourth-order valence-electron chi connectivity index (χ4n) is 2.85. The first-order chi connectivity index (χ1) is 11.1. The molecule has 2 heterocycles. The number of H-pyrrole nitrogens is 1. The van der Waals surface area contributed by atoms with E-state index < -0.39 is 11.8 Å². The predicted molar refractivity (Wildman–Crippen MR) is 87.0 cm³/mol. The zero-order chi connectivity index (χ0) is 16.2. The van der Waals surface area contributed by atoms with Crippen molar-refractivity contribution in [3.63, 3.8) is 0 Å². The van der Waals surface area contributed by atoms with Crippen LogP contribution in [0.4, 0.5) is 5.69 Å². The Labute approximate surface area is 138 Å². The number of hydrogen-bond acceptors (Lipinski definition) is 3. The molecule has 0 radical (unpaired) electrons. The van der Waals surface area contributed by atoms with Crippen LogP contribution in [0.3, 0.4) is 0 Å². The summed E-state index contributed by atoms with van der Waals surface area (Å²) in [6.07, 6.45) is 6.21. The van der Waals surface area contributed by atoms with E-state index in [0.717, 1.165) is 24.8 Å². The zero-order valence-corrected chi connectivity index (χ0v) is 13.2. The van der Waals surface area contributed by atoms with Crippen molar-refractivity contribution in [3.05, 3.63) is 47.2 Å². The van der Waals surface area contributed by atoms with Crippen LogP contribution < -0.4 is 5.32 Å². The Balaban J connectivity index is 1.73. The molecule has 1 aromatic carbocycles. The zero-order valence-electron chi connectivity index (χ0n) is 12.5. The predicted octanol–water partition coefficient (Wildman–Crippen LogP) is 2.76. The summed E-state index contributed by atoms with van der Waals surface area (Å²) in [6, 6.07) is 6.62. The lowest BCUT2D eigenvalue weighted by molar-refractivity contribution is -0.145. The van der Waals surface area contributed by atoms with E-state index in [9.17, 15) is 9.59 Å². The molecule has 3 rings (SSSR count). The largest absolute Gasteiger partial charge is 0.327 e. The maximum Gasteiger partial charge on any atom is 0.313 e. The number of aromatic nitrogens is 2. The SMILES string of the molecule is O=C(Nc1cccc(Cl)c1)C(=O)N1CCCC[C@H]1c1cn[nH]c1. The van der Waals surface area contributed by atoms with Gasteiger partial charge in [0.25, 0.3) is 0 Å². The number of piperidine rings is 1. The average Bonchev–Trinajstić information content (AvgIpc) is 3.08. The van der Waals surface area contributed by atoms with Crippen molar-refractivity contribution in [2.75, 3.05) is 11.9 Å². The standard InChI is InChI=1S/C16H17ClN4O2/c17-12-4-3-5-13(8-12)20-15(22)16(23)21-7-2-1-6-14(21)11-9-18-19-10-11/h3-5,8-10,14H,1-2,6-7H2,(H,18,19)(H,20,22)/t14-/m0/s1. The lowest BCUT2D eigenvalue weighted by Gasteiger charge is -2.34. The van der Waals surface area contributed by atoms with Crippen molar-refractivity contribution in [2.45, 2.75) is 25.3 Å². The van der Waals surface area contributed by atoms with Gasteiger partial charge in [0.05, 0.1) is 12.2 Å². The molecule has 2 N–H and O–H groups in total. The Kier molecular flexibility index (Phi) is 4.62. The number of carbonyl (C=O) groups is 2. The molecule has 1 aliphatic heterocycles. The van der Waals surface area contributed by atoms with Gasteiger partial charge in [-0.3, -0.25) is 14.7 Å². The van der Waals surface area contributed by atoms with Crippen LogP contribution in [0.25, 0.3) is 0 Å². The Morgan fingerprint density at radius 1 is 1.35 bits per heavy atom. The van der Waals surface area contributed by atoms with Gasteiger partial charge >= 0.3 is 11.8 Å². The Bertz CT molecular complexity index is 702. The summed E-state index contributed by atoms with van der Waals surface area (Å²) in [7, 11) is 0. The van der Waals surface area contributed by atoms with Gasteiger partial charge in [-0.25, -0.2) is 0 Å². The first kappa shape index (κ1) is 15.6. The van der Waals surface area contributed by atoms with Gasteiger partial charge < -0.3 is 10.2 Å². The molecule has 1 saturated heterocycles. The van der Waals surface area contributed by atoms with Gasteiger partial charge in [0.1, 0.15) is 0 Å². The Morgan fingerprint density at radius 3 is 2.96 bits per heavy atom. The topological polar surface area (TPSA) is 78.1 Å². The molecule has 2 amide bonds. The third-order valence-electron chi connectivity index (χ3n) is 3.94. The number of hydrogen-bond donors (Lipinski definition) is 2. The highest BCUT2D eigenvalue weighted by atomic mass is 35.5. The molecule has 7 heteroatoms. The Hall–Kier alpha value is -2.34. The van der Waals surface area contributed by atoms with E-state index in [0.29, 0.717) is 17.3 Å². The van der Waals surface area contributed by atoms with E-state index in [1.54, 1.807) is 41.6 Å². The molecule has 1 atom stereocenters. The number of nitrogens with zero attached hydrogens (tertiary/aromatic N) is 2. The van der Waals surface area contributed by atoms with Crippen LogP contribution in [-0.4, -0.2) is 33.5 Å². The number of rotatable bonds is 2. The summed E-state index contributed by atoms with van der Waals surface area (Å²) in [5.74, 6) is -1.18.